The number of carbonyl (C=O) groups excluding carboxylic acids is 1. The molecule has 14 heavy (non-hydrogen) atoms. The molecule has 0 spiro atoms. The van der Waals surface area contributed by atoms with Gasteiger partial charge in [0.15, 0.2) is 11.6 Å². The highest BCUT2D eigenvalue weighted by molar-refractivity contribution is 5.96. The van der Waals surface area contributed by atoms with E-state index in [1.165, 1.54) is 0 Å². The lowest BCUT2D eigenvalue weighted by molar-refractivity contribution is -0.145. The Morgan fingerprint density at radius 2 is 1.86 bits per heavy atom. The summed E-state index contributed by atoms with van der Waals surface area (Å²) in [5, 5.41) is 0. The van der Waals surface area contributed by atoms with Gasteiger partial charge in [0, 0.05) is 12.8 Å². The molecule has 0 N–H and O–H groups in total. The first-order chi connectivity index (χ1) is 6.52. The van der Waals surface area contributed by atoms with E-state index in [0.29, 0.717) is 12.8 Å². The van der Waals surface area contributed by atoms with Gasteiger partial charge in [-0.05, 0) is 26.3 Å². The molecule has 3 heteroatoms. The number of rotatable bonds is 0. The van der Waals surface area contributed by atoms with E-state index in [-0.39, 0.29) is 18.0 Å². The Balaban J connectivity index is 2.15. The Bertz CT molecular complexity index is 291. The van der Waals surface area contributed by atoms with Gasteiger partial charge in [-0.3, -0.25) is 4.79 Å². The maximum Gasteiger partial charge on any atom is 0.163 e. The first-order valence-electron chi connectivity index (χ1n) is 5.06. The average molecular weight is 196 g/mol. The smallest absolute Gasteiger partial charge is 0.163 e. The van der Waals surface area contributed by atoms with Gasteiger partial charge in [0.1, 0.15) is 0 Å². The van der Waals surface area contributed by atoms with E-state index in [1.54, 1.807) is 0 Å². The average Bonchev–Trinajstić information content (AvgIpc) is 2.36. The van der Waals surface area contributed by atoms with E-state index in [1.807, 2.05) is 26.8 Å². The molecule has 0 amide bonds. The van der Waals surface area contributed by atoms with E-state index in [2.05, 4.69) is 0 Å². The summed E-state index contributed by atoms with van der Waals surface area (Å²) in [7, 11) is 0. The van der Waals surface area contributed by atoms with Crippen LogP contribution in [0.3, 0.4) is 0 Å². The summed E-state index contributed by atoms with van der Waals surface area (Å²) >= 11 is 0. The number of carbonyl (C=O) groups is 1. The third-order valence-corrected chi connectivity index (χ3v) is 2.80. The molecule has 0 bridgehead atoms. The molecule has 0 unspecified atom stereocenters. The van der Waals surface area contributed by atoms with Gasteiger partial charge in [-0.15, -0.1) is 0 Å². The fourth-order valence-electron chi connectivity index (χ4n) is 2.18. The number of hydrogen-bond acceptors (Lipinski definition) is 3. The topological polar surface area (TPSA) is 35.5 Å². The van der Waals surface area contributed by atoms with E-state index in [9.17, 15) is 4.79 Å². The predicted molar refractivity (Wildman–Crippen MR) is 51.8 cm³/mol. The summed E-state index contributed by atoms with van der Waals surface area (Å²) in [6.45, 7) is 5.69. The van der Waals surface area contributed by atoms with Crippen LogP contribution in [0.1, 0.15) is 33.6 Å². The monoisotopic (exact) mass is 196 g/mol. The highest BCUT2D eigenvalue weighted by Crippen LogP contribution is 2.37. The lowest BCUT2D eigenvalue weighted by atomic mass is 9.89. The first kappa shape index (κ1) is 9.87. The second-order valence-corrected chi connectivity index (χ2v) is 4.36. The van der Waals surface area contributed by atoms with Gasteiger partial charge >= 0.3 is 0 Å². The van der Waals surface area contributed by atoms with Crippen molar-refractivity contribution in [2.45, 2.75) is 51.6 Å². The molecule has 2 fully saturated rings. The molecule has 1 aliphatic heterocycles. The molecule has 3 nitrogen and oxygen atoms in total. The molecule has 1 heterocycles. The third kappa shape index (κ3) is 1.62. The Morgan fingerprint density at radius 1 is 1.29 bits per heavy atom. The zero-order valence-electron chi connectivity index (χ0n) is 8.87. The van der Waals surface area contributed by atoms with Crippen molar-refractivity contribution in [3.8, 4) is 0 Å². The summed E-state index contributed by atoms with van der Waals surface area (Å²) in [5.41, 5.74) is 0.882. The van der Waals surface area contributed by atoms with E-state index in [4.69, 9.17) is 9.47 Å². The van der Waals surface area contributed by atoms with Crippen molar-refractivity contribution in [1.82, 2.24) is 0 Å². The second-order valence-electron chi connectivity index (χ2n) is 4.36. The molecule has 2 aliphatic rings. The number of Topliss-reactive ketones (excluding diaryl/α,β-unsaturated/α-hetero) is 1. The van der Waals surface area contributed by atoms with Crippen molar-refractivity contribution in [1.29, 1.82) is 0 Å². The number of ether oxygens (including phenoxy) is 2. The Labute approximate surface area is 84.1 Å². The normalized spacial score (nSPS) is 38.8. The Hall–Kier alpha value is -0.670. The van der Waals surface area contributed by atoms with Crippen molar-refractivity contribution in [3.63, 3.8) is 0 Å². The zero-order chi connectivity index (χ0) is 10.3. The van der Waals surface area contributed by atoms with Crippen molar-refractivity contribution in [2.75, 3.05) is 0 Å². The van der Waals surface area contributed by atoms with Crippen molar-refractivity contribution >= 4 is 5.78 Å². The number of ketones is 1. The second kappa shape index (κ2) is 3.17. The Kier molecular flexibility index (Phi) is 2.24. The van der Waals surface area contributed by atoms with Gasteiger partial charge in [-0.2, -0.15) is 0 Å². The van der Waals surface area contributed by atoms with Crippen molar-refractivity contribution in [2.24, 2.45) is 0 Å². The quantitative estimate of drug-likeness (QED) is 0.554. The molecule has 1 saturated carbocycles. The highest BCUT2D eigenvalue weighted by Gasteiger charge is 2.45. The van der Waals surface area contributed by atoms with Crippen LogP contribution in [0.2, 0.25) is 0 Å². The minimum atomic E-state index is -0.529. The molecule has 0 radical (unpaired) electrons. The summed E-state index contributed by atoms with van der Waals surface area (Å²) in [5.74, 6) is -0.325. The van der Waals surface area contributed by atoms with Crippen molar-refractivity contribution < 1.29 is 14.3 Å². The van der Waals surface area contributed by atoms with Crippen LogP contribution in [0.5, 0.6) is 0 Å². The van der Waals surface area contributed by atoms with Crippen LogP contribution in [0.15, 0.2) is 11.6 Å². The minimum Gasteiger partial charge on any atom is -0.344 e. The van der Waals surface area contributed by atoms with Crippen LogP contribution < -0.4 is 0 Å². The summed E-state index contributed by atoms with van der Waals surface area (Å²) in [6.07, 6.45) is 3.07. The first-order valence-corrected chi connectivity index (χ1v) is 5.06. The summed E-state index contributed by atoms with van der Waals surface area (Å²) in [6, 6.07) is 0. The van der Waals surface area contributed by atoms with Crippen LogP contribution >= 0.6 is 0 Å². The third-order valence-electron chi connectivity index (χ3n) is 2.80. The van der Waals surface area contributed by atoms with E-state index < -0.39 is 5.79 Å². The summed E-state index contributed by atoms with van der Waals surface area (Å²) in [4.78, 5) is 11.6. The molecular formula is C11H16O3. The number of fused-ring (bicyclic) bond motifs is 1. The van der Waals surface area contributed by atoms with E-state index >= 15 is 0 Å². The standard InChI is InChI=1S/C11H16O3/c1-4-7-5-9-10(6-8(7)12)14-11(2,3)13-9/h4,9-10H,5-6H2,1-3H3/b7-4+/t9-,10+/m0/s1. The molecule has 78 valence electrons. The maximum atomic E-state index is 11.6. The van der Waals surface area contributed by atoms with Crippen LogP contribution in [0, 0.1) is 0 Å². The van der Waals surface area contributed by atoms with Crippen LogP contribution in [-0.2, 0) is 14.3 Å². The van der Waals surface area contributed by atoms with Gasteiger partial charge in [-0.25, -0.2) is 0 Å². The number of hydrogen-bond donors (Lipinski definition) is 0. The fraction of sp³-hybridized carbons (Fsp3) is 0.727. The van der Waals surface area contributed by atoms with Crippen LogP contribution in [0.25, 0.3) is 0 Å². The fourth-order valence-corrected chi connectivity index (χ4v) is 2.18. The maximum absolute atomic E-state index is 11.6. The molecule has 1 saturated heterocycles. The lowest BCUT2D eigenvalue weighted by Gasteiger charge is -2.23. The van der Waals surface area contributed by atoms with Gasteiger partial charge in [-0.1, -0.05) is 6.08 Å². The van der Waals surface area contributed by atoms with Gasteiger partial charge < -0.3 is 9.47 Å². The van der Waals surface area contributed by atoms with E-state index in [0.717, 1.165) is 5.57 Å². The zero-order valence-corrected chi connectivity index (χ0v) is 8.87. The molecule has 2 rings (SSSR count). The Morgan fingerprint density at radius 3 is 2.43 bits per heavy atom. The minimum absolute atomic E-state index is 0.0406. The molecular weight excluding hydrogens is 180 g/mol. The van der Waals surface area contributed by atoms with Crippen molar-refractivity contribution in [3.05, 3.63) is 11.6 Å². The molecule has 1 aliphatic carbocycles. The van der Waals surface area contributed by atoms with Crippen LogP contribution in [-0.4, -0.2) is 23.8 Å². The molecule has 2 atom stereocenters. The van der Waals surface area contributed by atoms with Crippen LogP contribution in [0.4, 0.5) is 0 Å². The SMILES string of the molecule is C/C=C1\C[C@@H]2OC(C)(C)O[C@@H]2CC1=O. The van der Waals surface area contributed by atoms with Gasteiger partial charge in [0.05, 0.1) is 12.2 Å². The lowest BCUT2D eigenvalue weighted by Crippen LogP contribution is -2.32. The largest absolute Gasteiger partial charge is 0.344 e. The van der Waals surface area contributed by atoms with Gasteiger partial charge in [0.2, 0.25) is 0 Å². The number of allylic oxidation sites excluding steroid dienone is 1. The summed E-state index contributed by atoms with van der Waals surface area (Å²) < 4.78 is 11.4. The molecule has 0 aromatic rings. The highest BCUT2D eigenvalue weighted by atomic mass is 16.7. The molecule has 0 aromatic carbocycles. The molecule has 0 aromatic heterocycles. The van der Waals surface area contributed by atoms with Gasteiger partial charge in [0.25, 0.3) is 0 Å². The predicted octanol–water partition coefficient (Wildman–Crippen LogP) is 1.82.